The van der Waals surface area contributed by atoms with E-state index in [-0.39, 0.29) is 0 Å². The highest BCUT2D eigenvalue weighted by Gasteiger charge is 2.14. The zero-order valence-corrected chi connectivity index (χ0v) is 13.9. The van der Waals surface area contributed by atoms with Crippen LogP contribution in [0.2, 0.25) is 0 Å². The molecule has 0 aromatic heterocycles. The quantitative estimate of drug-likeness (QED) is 0.701. The van der Waals surface area contributed by atoms with Gasteiger partial charge in [-0.1, -0.05) is 26.0 Å². The maximum Gasteiger partial charge on any atom is 0.313 e. The summed E-state index contributed by atoms with van der Waals surface area (Å²) in [6, 6.07) is 7.56. The SMILES string of the molecule is CC(C)c1ccc(NC(=O)C(=O)NCCN2CCNCC2)cc1. The van der Waals surface area contributed by atoms with E-state index in [2.05, 4.69) is 34.7 Å². The first kappa shape index (κ1) is 17.4. The Morgan fingerprint density at radius 3 is 2.39 bits per heavy atom. The smallest absolute Gasteiger partial charge is 0.313 e. The van der Waals surface area contributed by atoms with Crippen molar-refractivity contribution in [2.45, 2.75) is 19.8 Å². The van der Waals surface area contributed by atoms with Crippen molar-refractivity contribution >= 4 is 17.5 Å². The van der Waals surface area contributed by atoms with Crippen LogP contribution in [0.3, 0.4) is 0 Å². The molecule has 1 aliphatic heterocycles. The van der Waals surface area contributed by atoms with Gasteiger partial charge in [-0.15, -0.1) is 0 Å². The van der Waals surface area contributed by atoms with E-state index in [0.717, 1.165) is 32.7 Å². The second-order valence-electron chi connectivity index (χ2n) is 6.08. The van der Waals surface area contributed by atoms with E-state index in [1.807, 2.05) is 24.3 Å². The molecule has 0 bridgehead atoms. The summed E-state index contributed by atoms with van der Waals surface area (Å²) < 4.78 is 0. The van der Waals surface area contributed by atoms with Gasteiger partial charge in [0.1, 0.15) is 0 Å². The molecule has 1 aromatic carbocycles. The van der Waals surface area contributed by atoms with Crippen LogP contribution in [0.4, 0.5) is 5.69 Å². The van der Waals surface area contributed by atoms with Gasteiger partial charge in [0, 0.05) is 45.0 Å². The molecule has 0 radical (unpaired) electrons. The number of benzene rings is 1. The number of rotatable bonds is 5. The molecule has 0 atom stereocenters. The van der Waals surface area contributed by atoms with Crippen molar-refractivity contribution < 1.29 is 9.59 Å². The summed E-state index contributed by atoms with van der Waals surface area (Å²) in [5, 5.41) is 8.57. The van der Waals surface area contributed by atoms with Crippen LogP contribution in [0.1, 0.15) is 25.3 Å². The number of carbonyl (C=O) groups is 2. The van der Waals surface area contributed by atoms with Gasteiger partial charge in [0.15, 0.2) is 0 Å². The van der Waals surface area contributed by atoms with E-state index >= 15 is 0 Å². The molecule has 1 aromatic rings. The summed E-state index contributed by atoms with van der Waals surface area (Å²) >= 11 is 0. The summed E-state index contributed by atoms with van der Waals surface area (Å²) in [4.78, 5) is 25.9. The number of nitrogens with one attached hydrogen (secondary N) is 3. The monoisotopic (exact) mass is 318 g/mol. The highest BCUT2D eigenvalue weighted by Crippen LogP contribution is 2.16. The fourth-order valence-electron chi connectivity index (χ4n) is 2.48. The summed E-state index contributed by atoms with van der Waals surface area (Å²) in [6.45, 7) is 9.37. The van der Waals surface area contributed by atoms with Crippen molar-refractivity contribution in [3.63, 3.8) is 0 Å². The minimum Gasteiger partial charge on any atom is -0.347 e. The Morgan fingerprint density at radius 1 is 1.13 bits per heavy atom. The molecule has 2 amide bonds. The largest absolute Gasteiger partial charge is 0.347 e. The fraction of sp³-hybridized carbons (Fsp3) is 0.529. The Bertz CT molecular complexity index is 522. The molecule has 1 saturated heterocycles. The van der Waals surface area contributed by atoms with Gasteiger partial charge >= 0.3 is 11.8 Å². The molecule has 0 unspecified atom stereocenters. The predicted molar refractivity (Wildman–Crippen MR) is 91.5 cm³/mol. The van der Waals surface area contributed by atoms with Gasteiger partial charge in [-0.2, -0.15) is 0 Å². The Kier molecular flexibility index (Phi) is 6.55. The molecule has 1 aliphatic rings. The van der Waals surface area contributed by atoms with E-state index in [0.29, 0.717) is 18.2 Å². The normalized spacial score (nSPS) is 15.4. The Morgan fingerprint density at radius 2 is 1.78 bits per heavy atom. The van der Waals surface area contributed by atoms with Crippen molar-refractivity contribution in [2.24, 2.45) is 0 Å². The van der Waals surface area contributed by atoms with Gasteiger partial charge < -0.3 is 16.0 Å². The molecule has 6 heteroatoms. The van der Waals surface area contributed by atoms with Crippen molar-refractivity contribution in [3.8, 4) is 0 Å². The standard InChI is InChI=1S/C17H26N4O2/c1-13(2)14-3-5-15(6-4-14)20-17(23)16(22)19-9-12-21-10-7-18-8-11-21/h3-6,13,18H,7-12H2,1-2H3,(H,19,22)(H,20,23). The van der Waals surface area contributed by atoms with Gasteiger partial charge in [0.05, 0.1) is 0 Å². The maximum atomic E-state index is 11.9. The fourth-order valence-corrected chi connectivity index (χ4v) is 2.48. The average molecular weight is 318 g/mol. The third-order valence-corrected chi connectivity index (χ3v) is 3.96. The van der Waals surface area contributed by atoms with Crippen LogP contribution < -0.4 is 16.0 Å². The Hall–Kier alpha value is -1.92. The number of carbonyl (C=O) groups excluding carboxylic acids is 2. The lowest BCUT2D eigenvalue weighted by atomic mass is 10.0. The van der Waals surface area contributed by atoms with Crippen molar-refractivity contribution in [1.29, 1.82) is 0 Å². The number of anilines is 1. The zero-order chi connectivity index (χ0) is 16.7. The molecular formula is C17H26N4O2. The van der Waals surface area contributed by atoms with Crippen molar-refractivity contribution in [1.82, 2.24) is 15.5 Å². The van der Waals surface area contributed by atoms with Gasteiger partial charge in [0.25, 0.3) is 0 Å². The maximum absolute atomic E-state index is 11.9. The van der Waals surface area contributed by atoms with Crippen LogP contribution >= 0.6 is 0 Å². The molecule has 23 heavy (non-hydrogen) atoms. The van der Waals surface area contributed by atoms with Crippen LogP contribution in [0.15, 0.2) is 24.3 Å². The summed E-state index contributed by atoms with van der Waals surface area (Å²) in [7, 11) is 0. The van der Waals surface area contributed by atoms with Crippen molar-refractivity contribution in [2.75, 3.05) is 44.6 Å². The summed E-state index contributed by atoms with van der Waals surface area (Å²) in [5.41, 5.74) is 1.83. The molecule has 1 heterocycles. The van der Waals surface area contributed by atoms with E-state index in [1.54, 1.807) is 0 Å². The van der Waals surface area contributed by atoms with Crippen LogP contribution in [0, 0.1) is 0 Å². The van der Waals surface area contributed by atoms with E-state index in [1.165, 1.54) is 5.56 Å². The molecule has 0 saturated carbocycles. The van der Waals surface area contributed by atoms with E-state index in [4.69, 9.17) is 0 Å². The summed E-state index contributed by atoms with van der Waals surface area (Å²) in [6.07, 6.45) is 0. The van der Waals surface area contributed by atoms with Gasteiger partial charge in [-0.25, -0.2) is 0 Å². The molecular weight excluding hydrogens is 292 g/mol. The second kappa shape index (κ2) is 8.64. The van der Waals surface area contributed by atoms with Gasteiger partial charge in [-0.3, -0.25) is 14.5 Å². The average Bonchev–Trinajstić information content (AvgIpc) is 2.56. The number of piperazine rings is 1. The zero-order valence-electron chi connectivity index (χ0n) is 13.9. The predicted octanol–water partition coefficient (Wildman–Crippen LogP) is 0.770. The van der Waals surface area contributed by atoms with E-state index in [9.17, 15) is 9.59 Å². The lowest BCUT2D eigenvalue weighted by molar-refractivity contribution is -0.136. The Labute approximate surface area is 137 Å². The number of hydrogen-bond acceptors (Lipinski definition) is 4. The lowest BCUT2D eigenvalue weighted by Crippen LogP contribution is -2.47. The third-order valence-electron chi connectivity index (χ3n) is 3.96. The highest BCUT2D eigenvalue weighted by molar-refractivity contribution is 6.39. The second-order valence-corrected chi connectivity index (χ2v) is 6.08. The molecule has 3 N–H and O–H groups in total. The van der Waals surface area contributed by atoms with Crippen LogP contribution in [-0.4, -0.2) is 56.0 Å². The third kappa shape index (κ3) is 5.65. The van der Waals surface area contributed by atoms with E-state index < -0.39 is 11.8 Å². The first-order valence-electron chi connectivity index (χ1n) is 8.18. The summed E-state index contributed by atoms with van der Waals surface area (Å²) in [5.74, 6) is -0.774. The highest BCUT2D eigenvalue weighted by atomic mass is 16.2. The molecule has 2 rings (SSSR count). The van der Waals surface area contributed by atoms with Gasteiger partial charge in [0.2, 0.25) is 0 Å². The molecule has 6 nitrogen and oxygen atoms in total. The first-order chi connectivity index (χ1) is 11.1. The molecule has 0 spiro atoms. The first-order valence-corrected chi connectivity index (χ1v) is 8.18. The number of amides is 2. The topological polar surface area (TPSA) is 73.5 Å². The number of hydrogen-bond donors (Lipinski definition) is 3. The molecule has 0 aliphatic carbocycles. The molecule has 1 fully saturated rings. The van der Waals surface area contributed by atoms with Crippen LogP contribution in [0.5, 0.6) is 0 Å². The van der Waals surface area contributed by atoms with Gasteiger partial charge in [-0.05, 0) is 23.6 Å². The minimum absolute atomic E-state index is 0.438. The van der Waals surface area contributed by atoms with Crippen molar-refractivity contribution in [3.05, 3.63) is 29.8 Å². The van der Waals surface area contributed by atoms with Crippen LogP contribution in [0.25, 0.3) is 0 Å². The molecule has 126 valence electrons. The lowest BCUT2D eigenvalue weighted by Gasteiger charge is -2.26. The number of nitrogens with zero attached hydrogens (tertiary/aromatic N) is 1. The minimum atomic E-state index is -0.623. The van der Waals surface area contributed by atoms with Crippen LogP contribution in [-0.2, 0) is 9.59 Å². The Balaban J connectivity index is 1.72.